The van der Waals surface area contributed by atoms with Gasteiger partial charge in [0.05, 0.1) is 13.2 Å². The first-order valence-corrected chi connectivity index (χ1v) is 10.1. The van der Waals surface area contributed by atoms with Crippen molar-refractivity contribution in [2.24, 2.45) is 5.92 Å². The molecule has 2 aromatic rings. The molecule has 0 aliphatic rings. The Hall–Kier alpha value is -2.38. The molecule has 2 rings (SSSR count). The van der Waals surface area contributed by atoms with Crippen LogP contribution in [0.25, 0.3) is 0 Å². The number of likely N-dealkylation sites (N-methyl/N-ethyl adjacent to an activating group) is 1. The lowest BCUT2D eigenvalue weighted by molar-refractivity contribution is -0.124. The second-order valence-electron chi connectivity index (χ2n) is 7.16. The minimum atomic E-state index is -0.610. The van der Waals surface area contributed by atoms with E-state index in [1.54, 1.807) is 42.7 Å². The van der Waals surface area contributed by atoms with Crippen molar-refractivity contribution in [2.75, 3.05) is 27.7 Å². The largest absolute Gasteiger partial charge is 0.497 e. The van der Waals surface area contributed by atoms with Gasteiger partial charge in [0.2, 0.25) is 5.91 Å². The Morgan fingerprint density at radius 1 is 1.14 bits per heavy atom. The van der Waals surface area contributed by atoms with Gasteiger partial charge in [0.15, 0.2) is 0 Å². The highest BCUT2D eigenvalue weighted by Gasteiger charge is 2.26. The van der Waals surface area contributed by atoms with Crippen LogP contribution in [-0.2, 0) is 4.79 Å². The van der Waals surface area contributed by atoms with Gasteiger partial charge in [-0.2, -0.15) is 0 Å². The first kappa shape index (κ1) is 21.9. The van der Waals surface area contributed by atoms with Gasteiger partial charge in [0.25, 0.3) is 5.91 Å². The summed E-state index contributed by atoms with van der Waals surface area (Å²) in [6, 6.07) is 10.4. The maximum atomic E-state index is 12.8. The zero-order valence-corrected chi connectivity index (χ0v) is 17.9. The summed E-state index contributed by atoms with van der Waals surface area (Å²) < 4.78 is 5.11. The van der Waals surface area contributed by atoms with E-state index in [1.807, 2.05) is 39.4 Å². The van der Waals surface area contributed by atoms with E-state index in [2.05, 4.69) is 21.6 Å². The number of amides is 2. The van der Waals surface area contributed by atoms with E-state index in [0.717, 1.165) is 0 Å². The second kappa shape index (κ2) is 10.2. The summed E-state index contributed by atoms with van der Waals surface area (Å²) in [5.41, 5.74) is 0.490. The summed E-state index contributed by atoms with van der Waals surface area (Å²) in [5.74, 6) is 0.180. The first-order valence-electron chi connectivity index (χ1n) is 9.26. The Kier molecular flexibility index (Phi) is 8.02. The van der Waals surface area contributed by atoms with Crippen molar-refractivity contribution < 1.29 is 14.3 Å². The minimum absolute atomic E-state index is 0.0401. The van der Waals surface area contributed by atoms with E-state index in [9.17, 15) is 9.59 Å². The van der Waals surface area contributed by atoms with Gasteiger partial charge in [0.1, 0.15) is 11.8 Å². The number of nitrogens with zero attached hydrogens (tertiary/aromatic N) is 1. The van der Waals surface area contributed by atoms with Crippen LogP contribution in [0.3, 0.4) is 0 Å². The van der Waals surface area contributed by atoms with Crippen molar-refractivity contribution in [3.05, 3.63) is 52.2 Å². The Morgan fingerprint density at radius 2 is 1.82 bits per heavy atom. The number of methoxy groups -OCH3 is 1. The summed E-state index contributed by atoms with van der Waals surface area (Å²) in [5, 5.41) is 7.88. The SMILES string of the molecule is COc1ccc(C(=O)NC(C(=O)NCC(c2cccs2)N(C)C)C(C)C)cc1. The van der Waals surface area contributed by atoms with Crippen molar-refractivity contribution in [3.63, 3.8) is 0 Å². The molecule has 152 valence electrons. The number of carbonyl (C=O) groups is 2. The molecule has 1 aromatic carbocycles. The normalized spacial score (nSPS) is 13.2. The number of hydrogen-bond donors (Lipinski definition) is 2. The number of thiophene rings is 1. The van der Waals surface area contributed by atoms with Crippen molar-refractivity contribution in [3.8, 4) is 5.75 Å². The van der Waals surface area contributed by atoms with Gasteiger partial charge in [-0.25, -0.2) is 0 Å². The summed E-state index contributed by atoms with van der Waals surface area (Å²) >= 11 is 1.66. The lowest BCUT2D eigenvalue weighted by Crippen LogP contribution is -2.50. The van der Waals surface area contributed by atoms with Crippen LogP contribution < -0.4 is 15.4 Å². The van der Waals surface area contributed by atoms with Gasteiger partial charge in [-0.05, 0) is 55.7 Å². The van der Waals surface area contributed by atoms with Crippen LogP contribution in [0.15, 0.2) is 41.8 Å². The minimum Gasteiger partial charge on any atom is -0.497 e. The van der Waals surface area contributed by atoms with Crippen LogP contribution in [0.1, 0.15) is 35.1 Å². The zero-order chi connectivity index (χ0) is 20.7. The molecule has 0 saturated heterocycles. The second-order valence-corrected chi connectivity index (χ2v) is 8.14. The average molecular weight is 404 g/mol. The molecule has 28 heavy (non-hydrogen) atoms. The van der Waals surface area contributed by atoms with E-state index in [-0.39, 0.29) is 23.8 Å². The maximum absolute atomic E-state index is 12.8. The molecule has 0 radical (unpaired) electrons. The predicted molar refractivity (Wildman–Crippen MR) is 113 cm³/mol. The highest BCUT2D eigenvalue weighted by atomic mass is 32.1. The number of rotatable bonds is 9. The van der Waals surface area contributed by atoms with E-state index >= 15 is 0 Å². The molecule has 2 unspecified atom stereocenters. The Bertz CT molecular complexity index is 758. The topological polar surface area (TPSA) is 70.7 Å². The lowest BCUT2D eigenvalue weighted by atomic mass is 10.0. The van der Waals surface area contributed by atoms with Gasteiger partial charge in [0, 0.05) is 17.0 Å². The third kappa shape index (κ3) is 5.81. The maximum Gasteiger partial charge on any atom is 0.251 e. The zero-order valence-electron chi connectivity index (χ0n) is 17.1. The summed E-state index contributed by atoms with van der Waals surface area (Å²) in [6.45, 7) is 4.32. The van der Waals surface area contributed by atoms with Gasteiger partial charge in [-0.15, -0.1) is 11.3 Å². The third-order valence-electron chi connectivity index (χ3n) is 4.55. The van der Waals surface area contributed by atoms with Crippen LogP contribution >= 0.6 is 11.3 Å². The van der Waals surface area contributed by atoms with Crippen molar-refractivity contribution >= 4 is 23.2 Å². The highest BCUT2D eigenvalue weighted by Crippen LogP contribution is 2.22. The average Bonchev–Trinajstić information content (AvgIpc) is 3.19. The van der Waals surface area contributed by atoms with Gasteiger partial charge < -0.3 is 20.3 Å². The third-order valence-corrected chi connectivity index (χ3v) is 5.53. The number of hydrogen-bond acceptors (Lipinski definition) is 5. The molecule has 2 atom stereocenters. The fraction of sp³-hybridized carbons (Fsp3) is 0.429. The highest BCUT2D eigenvalue weighted by molar-refractivity contribution is 7.10. The van der Waals surface area contributed by atoms with Gasteiger partial charge in [-0.3, -0.25) is 9.59 Å². The van der Waals surface area contributed by atoms with Crippen molar-refractivity contribution in [2.45, 2.75) is 25.9 Å². The molecule has 0 aliphatic heterocycles. The molecule has 0 saturated carbocycles. The number of benzene rings is 1. The Morgan fingerprint density at radius 3 is 2.32 bits per heavy atom. The van der Waals surface area contributed by atoms with Crippen molar-refractivity contribution in [1.29, 1.82) is 0 Å². The summed E-state index contributed by atoms with van der Waals surface area (Å²) in [7, 11) is 5.55. The van der Waals surface area contributed by atoms with Gasteiger partial charge >= 0.3 is 0 Å². The Balaban J connectivity index is 2.01. The van der Waals surface area contributed by atoms with Crippen LogP contribution in [0, 0.1) is 5.92 Å². The molecule has 1 heterocycles. The molecule has 0 aliphatic carbocycles. The fourth-order valence-electron chi connectivity index (χ4n) is 2.83. The van der Waals surface area contributed by atoms with Crippen molar-refractivity contribution in [1.82, 2.24) is 15.5 Å². The first-order chi connectivity index (χ1) is 13.3. The van der Waals surface area contributed by atoms with Crippen LogP contribution in [0.4, 0.5) is 0 Å². The molecule has 0 fully saturated rings. The van der Waals surface area contributed by atoms with Crippen LogP contribution in [0.2, 0.25) is 0 Å². The Labute approximate surface area is 170 Å². The quantitative estimate of drug-likeness (QED) is 0.675. The lowest BCUT2D eigenvalue weighted by Gasteiger charge is -2.26. The van der Waals surface area contributed by atoms with E-state index in [4.69, 9.17) is 4.74 Å². The molecular formula is C21H29N3O3S. The summed E-state index contributed by atoms with van der Waals surface area (Å²) in [4.78, 5) is 28.6. The molecule has 0 spiro atoms. The molecule has 2 amide bonds. The predicted octanol–water partition coefficient (Wildman–Crippen LogP) is 2.93. The van der Waals surface area contributed by atoms with Crippen LogP contribution in [-0.4, -0.2) is 50.5 Å². The molecule has 7 heteroatoms. The molecule has 1 aromatic heterocycles. The summed E-state index contributed by atoms with van der Waals surface area (Å²) in [6.07, 6.45) is 0. The van der Waals surface area contributed by atoms with Gasteiger partial charge in [-0.1, -0.05) is 19.9 Å². The van der Waals surface area contributed by atoms with E-state index in [0.29, 0.717) is 17.9 Å². The number of nitrogens with one attached hydrogen (secondary N) is 2. The monoisotopic (exact) mass is 403 g/mol. The standard InChI is InChI=1S/C21H29N3O3S/c1-14(2)19(23-20(25)15-8-10-16(27-5)11-9-15)21(26)22-13-17(24(3)4)18-7-6-12-28-18/h6-12,14,17,19H,13H2,1-5H3,(H,22,26)(H,23,25). The smallest absolute Gasteiger partial charge is 0.251 e. The van der Waals surface area contributed by atoms with E-state index < -0.39 is 6.04 Å². The number of ether oxygens (including phenoxy) is 1. The fourth-order valence-corrected chi connectivity index (χ4v) is 3.75. The van der Waals surface area contributed by atoms with Crippen LogP contribution in [0.5, 0.6) is 5.75 Å². The number of carbonyl (C=O) groups excluding carboxylic acids is 2. The van der Waals surface area contributed by atoms with E-state index in [1.165, 1.54) is 4.88 Å². The molecule has 2 N–H and O–H groups in total. The molecule has 6 nitrogen and oxygen atoms in total. The molecule has 0 bridgehead atoms. The molecular weight excluding hydrogens is 374 g/mol.